The standard InChI is InChI=1S/C75H145NO5/c1-3-5-7-9-11-13-15-17-19-20-21-22-23-28-31-34-37-40-43-47-51-55-59-63-67-73(78)72(71-77)76-74(79)68-64-60-56-52-48-44-41-38-35-32-29-26-24-25-27-30-33-36-39-42-46-50-54-58-62-66-70-81-75(80)69-65-61-57-53-49-45-18-16-14-12-10-8-6-4-2/h16,18,63,67,72-73,77-78H,3-15,17,19-62,64-66,68-71H2,1-2H3,(H,76,79)/b18-16-,67-63+. The quantitative estimate of drug-likeness (QED) is 0.0320. The molecule has 81 heavy (non-hydrogen) atoms. The van der Waals surface area contributed by atoms with Gasteiger partial charge in [-0.15, -0.1) is 0 Å². The lowest BCUT2D eigenvalue weighted by Crippen LogP contribution is -2.45. The van der Waals surface area contributed by atoms with Crippen LogP contribution in [0.3, 0.4) is 0 Å². The summed E-state index contributed by atoms with van der Waals surface area (Å²) >= 11 is 0. The average molecular weight is 1140 g/mol. The first-order valence-electron chi connectivity index (χ1n) is 37.1. The minimum Gasteiger partial charge on any atom is -0.466 e. The zero-order chi connectivity index (χ0) is 58.5. The number of nitrogens with one attached hydrogen (secondary N) is 1. The van der Waals surface area contributed by atoms with Crippen LogP contribution in [-0.4, -0.2) is 47.4 Å². The molecular formula is C75H145NO5. The van der Waals surface area contributed by atoms with Gasteiger partial charge < -0.3 is 20.3 Å². The van der Waals surface area contributed by atoms with Crippen molar-refractivity contribution in [3.05, 3.63) is 24.3 Å². The molecule has 0 saturated carbocycles. The number of hydrogen-bond donors (Lipinski definition) is 3. The number of unbranched alkanes of at least 4 members (excludes halogenated alkanes) is 57. The van der Waals surface area contributed by atoms with Gasteiger partial charge in [-0.25, -0.2) is 0 Å². The summed E-state index contributed by atoms with van der Waals surface area (Å²) in [6.45, 7) is 4.94. The molecule has 0 fully saturated rings. The van der Waals surface area contributed by atoms with Gasteiger partial charge in [0.1, 0.15) is 0 Å². The fraction of sp³-hybridized carbons (Fsp3) is 0.920. The summed E-state index contributed by atoms with van der Waals surface area (Å²) in [5.41, 5.74) is 0. The number of rotatable bonds is 70. The molecule has 0 aliphatic rings. The first-order chi connectivity index (χ1) is 40.0. The molecule has 6 nitrogen and oxygen atoms in total. The van der Waals surface area contributed by atoms with E-state index in [2.05, 4.69) is 31.3 Å². The van der Waals surface area contributed by atoms with E-state index in [1.807, 2.05) is 6.08 Å². The lowest BCUT2D eigenvalue weighted by Gasteiger charge is -2.20. The SMILES string of the molecule is CCCCCCC/C=C\CCCCCCCC(=O)OCCCCCCCCCCCCCCCCCCCCCCCCCCCCC(=O)NC(CO)C(O)/C=C/CCCCCCCCCCCCCCCCCCCCCCCC. The molecule has 480 valence electrons. The third-order valence-electron chi connectivity index (χ3n) is 17.5. The molecule has 2 unspecified atom stereocenters. The minimum absolute atomic E-state index is 0.00921. The zero-order valence-electron chi connectivity index (χ0n) is 55.0. The van der Waals surface area contributed by atoms with Crippen LogP contribution in [0.2, 0.25) is 0 Å². The Balaban J connectivity index is 3.38. The Hall–Kier alpha value is -1.66. The lowest BCUT2D eigenvalue weighted by molar-refractivity contribution is -0.143. The molecule has 2 atom stereocenters. The first kappa shape index (κ1) is 79.3. The van der Waals surface area contributed by atoms with E-state index in [9.17, 15) is 19.8 Å². The molecule has 0 aliphatic heterocycles. The highest BCUT2D eigenvalue weighted by Gasteiger charge is 2.18. The molecule has 0 aromatic heterocycles. The summed E-state index contributed by atoms with van der Waals surface area (Å²) in [7, 11) is 0. The summed E-state index contributed by atoms with van der Waals surface area (Å²) < 4.78 is 5.49. The van der Waals surface area contributed by atoms with Crippen LogP contribution in [0.5, 0.6) is 0 Å². The van der Waals surface area contributed by atoms with E-state index in [0.717, 1.165) is 44.9 Å². The van der Waals surface area contributed by atoms with Crippen LogP contribution in [0.15, 0.2) is 24.3 Å². The van der Waals surface area contributed by atoms with Crippen molar-refractivity contribution in [2.24, 2.45) is 0 Å². The number of aliphatic hydroxyl groups excluding tert-OH is 2. The molecule has 0 heterocycles. The summed E-state index contributed by atoms with van der Waals surface area (Å²) in [5, 5.41) is 23.3. The molecule has 6 heteroatoms. The molecule has 0 aromatic rings. The molecular weight excluding hydrogens is 995 g/mol. The van der Waals surface area contributed by atoms with Gasteiger partial charge in [-0.05, 0) is 57.8 Å². The van der Waals surface area contributed by atoms with Crippen LogP contribution in [0.4, 0.5) is 0 Å². The molecule has 0 radical (unpaired) electrons. The lowest BCUT2D eigenvalue weighted by atomic mass is 10.0. The van der Waals surface area contributed by atoms with Crippen molar-refractivity contribution in [1.82, 2.24) is 5.32 Å². The van der Waals surface area contributed by atoms with Gasteiger partial charge in [0.2, 0.25) is 5.91 Å². The predicted molar refractivity (Wildman–Crippen MR) is 356 cm³/mol. The molecule has 0 saturated heterocycles. The van der Waals surface area contributed by atoms with Gasteiger partial charge in [0.15, 0.2) is 0 Å². The van der Waals surface area contributed by atoms with Crippen LogP contribution in [0, 0.1) is 0 Å². The smallest absolute Gasteiger partial charge is 0.305 e. The van der Waals surface area contributed by atoms with Crippen LogP contribution >= 0.6 is 0 Å². The predicted octanol–water partition coefficient (Wildman–Crippen LogP) is 24.1. The largest absolute Gasteiger partial charge is 0.466 e. The Morgan fingerprint density at radius 2 is 0.580 bits per heavy atom. The number of aliphatic hydroxyl groups is 2. The normalized spacial score (nSPS) is 12.6. The highest BCUT2D eigenvalue weighted by molar-refractivity contribution is 5.76. The summed E-state index contributed by atoms with van der Waals surface area (Å²) in [6.07, 6.45) is 89.9. The second-order valence-corrected chi connectivity index (χ2v) is 25.6. The van der Waals surface area contributed by atoms with Crippen molar-refractivity contribution in [3.63, 3.8) is 0 Å². The van der Waals surface area contributed by atoms with Crippen LogP contribution in [0.25, 0.3) is 0 Å². The van der Waals surface area contributed by atoms with Crippen molar-refractivity contribution >= 4 is 11.9 Å². The molecule has 0 bridgehead atoms. The third-order valence-corrected chi connectivity index (χ3v) is 17.5. The fourth-order valence-corrected chi connectivity index (χ4v) is 11.8. The van der Waals surface area contributed by atoms with Gasteiger partial charge in [-0.3, -0.25) is 9.59 Å². The zero-order valence-corrected chi connectivity index (χ0v) is 55.0. The fourth-order valence-electron chi connectivity index (χ4n) is 11.8. The molecule has 0 rings (SSSR count). The molecule has 3 N–H and O–H groups in total. The number of carbonyl (C=O) groups is 2. The van der Waals surface area contributed by atoms with Crippen molar-refractivity contribution in [3.8, 4) is 0 Å². The molecule has 0 aliphatic carbocycles. The van der Waals surface area contributed by atoms with E-state index in [0.29, 0.717) is 19.4 Å². The van der Waals surface area contributed by atoms with Gasteiger partial charge in [0.25, 0.3) is 0 Å². The second kappa shape index (κ2) is 70.8. The highest BCUT2D eigenvalue weighted by Crippen LogP contribution is 2.19. The van der Waals surface area contributed by atoms with Gasteiger partial charge in [0, 0.05) is 12.8 Å². The van der Waals surface area contributed by atoms with Crippen molar-refractivity contribution < 1.29 is 24.5 Å². The number of esters is 1. The Morgan fingerprint density at radius 1 is 0.333 bits per heavy atom. The number of carbonyl (C=O) groups excluding carboxylic acids is 2. The molecule has 0 aromatic carbocycles. The number of amides is 1. The summed E-state index contributed by atoms with van der Waals surface area (Å²) in [6, 6.07) is -0.627. The number of ether oxygens (including phenoxy) is 1. The Bertz CT molecular complexity index is 1270. The van der Waals surface area contributed by atoms with Crippen LogP contribution in [0.1, 0.15) is 418 Å². The molecule has 1 amide bonds. The Labute approximate surface area is 507 Å². The Morgan fingerprint density at radius 3 is 0.877 bits per heavy atom. The van der Waals surface area contributed by atoms with E-state index in [4.69, 9.17) is 4.74 Å². The average Bonchev–Trinajstić information content (AvgIpc) is 3.47. The van der Waals surface area contributed by atoms with Crippen LogP contribution in [-0.2, 0) is 14.3 Å². The van der Waals surface area contributed by atoms with E-state index in [1.165, 1.54) is 347 Å². The van der Waals surface area contributed by atoms with E-state index in [-0.39, 0.29) is 18.5 Å². The summed E-state index contributed by atoms with van der Waals surface area (Å²) in [4.78, 5) is 24.6. The van der Waals surface area contributed by atoms with Crippen molar-refractivity contribution in [2.45, 2.75) is 431 Å². The second-order valence-electron chi connectivity index (χ2n) is 25.6. The topological polar surface area (TPSA) is 95.9 Å². The maximum Gasteiger partial charge on any atom is 0.305 e. The van der Waals surface area contributed by atoms with Gasteiger partial charge in [-0.2, -0.15) is 0 Å². The van der Waals surface area contributed by atoms with E-state index >= 15 is 0 Å². The van der Waals surface area contributed by atoms with Gasteiger partial charge in [-0.1, -0.05) is 372 Å². The third kappa shape index (κ3) is 67.3. The monoisotopic (exact) mass is 1140 g/mol. The van der Waals surface area contributed by atoms with Crippen LogP contribution < -0.4 is 5.32 Å². The number of hydrogen-bond acceptors (Lipinski definition) is 5. The molecule has 0 spiro atoms. The van der Waals surface area contributed by atoms with E-state index < -0.39 is 12.1 Å². The van der Waals surface area contributed by atoms with E-state index in [1.54, 1.807) is 6.08 Å². The number of allylic oxidation sites excluding steroid dienone is 3. The highest BCUT2D eigenvalue weighted by atomic mass is 16.5. The Kier molecular flexibility index (Phi) is 69.4. The summed E-state index contributed by atoms with van der Waals surface area (Å²) in [5.74, 6) is -0.0517. The minimum atomic E-state index is -0.844. The van der Waals surface area contributed by atoms with Crippen molar-refractivity contribution in [2.75, 3.05) is 13.2 Å². The van der Waals surface area contributed by atoms with Crippen molar-refractivity contribution in [1.29, 1.82) is 0 Å². The first-order valence-corrected chi connectivity index (χ1v) is 37.1. The van der Waals surface area contributed by atoms with Gasteiger partial charge in [0.05, 0.1) is 25.4 Å². The maximum atomic E-state index is 12.5. The van der Waals surface area contributed by atoms with Gasteiger partial charge >= 0.3 is 5.97 Å². The maximum absolute atomic E-state index is 12.5.